The van der Waals surface area contributed by atoms with Crippen LogP contribution in [0.25, 0.3) is 5.82 Å². The van der Waals surface area contributed by atoms with Crippen LogP contribution in [0.15, 0.2) is 24.5 Å². The third-order valence-corrected chi connectivity index (χ3v) is 1.92. The lowest BCUT2D eigenvalue weighted by atomic mass is 10.3. The van der Waals surface area contributed by atoms with Crippen LogP contribution in [0.5, 0.6) is 0 Å². The topological polar surface area (TPSA) is 80.9 Å². The van der Waals surface area contributed by atoms with Crippen LogP contribution < -0.4 is 0 Å². The maximum Gasteiger partial charge on any atom is 0.354 e. The molecule has 0 saturated carbocycles. The van der Waals surface area contributed by atoms with E-state index in [-0.39, 0.29) is 5.69 Å². The molecule has 2 rings (SSSR count). The van der Waals surface area contributed by atoms with Gasteiger partial charge in [0.05, 0.1) is 0 Å². The first kappa shape index (κ1) is 9.32. The van der Waals surface area contributed by atoms with Gasteiger partial charge in [0.15, 0.2) is 5.69 Å². The van der Waals surface area contributed by atoms with Gasteiger partial charge in [0.25, 0.3) is 0 Å². The van der Waals surface area contributed by atoms with Crippen molar-refractivity contribution in [1.82, 2.24) is 19.7 Å². The van der Waals surface area contributed by atoms with Crippen molar-refractivity contribution in [3.63, 3.8) is 0 Å². The normalized spacial score (nSPS) is 10.2. The zero-order valence-corrected chi connectivity index (χ0v) is 7.95. The van der Waals surface area contributed by atoms with Gasteiger partial charge >= 0.3 is 5.97 Å². The zero-order chi connectivity index (χ0) is 10.8. The molecule has 2 heterocycles. The summed E-state index contributed by atoms with van der Waals surface area (Å²) in [7, 11) is 0. The van der Waals surface area contributed by atoms with Gasteiger partial charge in [0, 0.05) is 0 Å². The molecular formula is C9H8N4O2. The van der Waals surface area contributed by atoms with E-state index in [1.165, 1.54) is 12.4 Å². The fourth-order valence-corrected chi connectivity index (χ4v) is 1.19. The molecule has 0 aliphatic heterocycles. The Balaban J connectivity index is 2.50. The molecule has 2 aromatic rings. The minimum absolute atomic E-state index is 0.000556. The Bertz CT molecular complexity index is 506. The molecule has 0 saturated heterocycles. The van der Waals surface area contributed by atoms with Crippen LogP contribution in [0.1, 0.15) is 16.3 Å². The van der Waals surface area contributed by atoms with Gasteiger partial charge in [-0.2, -0.15) is 0 Å². The second kappa shape index (κ2) is 3.49. The third kappa shape index (κ3) is 1.69. The van der Waals surface area contributed by atoms with Crippen molar-refractivity contribution in [2.24, 2.45) is 0 Å². The number of rotatable bonds is 2. The second-order valence-corrected chi connectivity index (χ2v) is 2.93. The number of hydrogen-bond acceptors (Lipinski definition) is 4. The highest BCUT2D eigenvalue weighted by Gasteiger charge is 2.07. The van der Waals surface area contributed by atoms with E-state index >= 15 is 0 Å². The van der Waals surface area contributed by atoms with Gasteiger partial charge in [-0.25, -0.2) is 9.78 Å². The maximum absolute atomic E-state index is 10.7. The molecular weight excluding hydrogens is 196 g/mol. The van der Waals surface area contributed by atoms with Crippen LogP contribution in [0, 0.1) is 6.92 Å². The number of hydrogen-bond donors (Lipinski definition) is 1. The van der Waals surface area contributed by atoms with E-state index in [1.807, 2.05) is 0 Å². The summed E-state index contributed by atoms with van der Waals surface area (Å²) in [5, 5.41) is 16.3. The maximum atomic E-state index is 10.7. The molecule has 76 valence electrons. The largest absolute Gasteiger partial charge is 0.477 e. The molecule has 2 aromatic heterocycles. The fraction of sp³-hybridized carbons (Fsp3) is 0.111. The van der Waals surface area contributed by atoms with Crippen LogP contribution in [0.4, 0.5) is 0 Å². The number of aromatic nitrogens is 4. The molecule has 0 aliphatic carbocycles. The Morgan fingerprint density at radius 3 is 2.87 bits per heavy atom. The summed E-state index contributed by atoms with van der Waals surface area (Å²) >= 11 is 0. The summed E-state index contributed by atoms with van der Waals surface area (Å²) in [5.41, 5.74) is 0.000556. The number of aryl methyl sites for hydroxylation is 1. The molecule has 0 aliphatic rings. The molecule has 0 bridgehead atoms. The van der Waals surface area contributed by atoms with Gasteiger partial charge in [-0.3, -0.25) is 4.57 Å². The van der Waals surface area contributed by atoms with E-state index in [2.05, 4.69) is 15.2 Å². The number of carbonyl (C=O) groups is 1. The van der Waals surface area contributed by atoms with Crippen molar-refractivity contribution in [3.8, 4) is 5.82 Å². The van der Waals surface area contributed by atoms with E-state index in [0.29, 0.717) is 11.6 Å². The van der Waals surface area contributed by atoms with E-state index < -0.39 is 5.97 Å². The molecule has 0 fully saturated rings. The molecule has 6 heteroatoms. The van der Waals surface area contributed by atoms with Crippen molar-refractivity contribution in [2.45, 2.75) is 6.92 Å². The summed E-state index contributed by atoms with van der Waals surface area (Å²) in [6, 6.07) is 4.76. The van der Waals surface area contributed by atoms with Crippen molar-refractivity contribution in [1.29, 1.82) is 0 Å². The van der Waals surface area contributed by atoms with Gasteiger partial charge in [0.1, 0.15) is 18.0 Å². The molecule has 1 N–H and O–H groups in total. The number of pyridine rings is 1. The minimum atomic E-state index is -1.05. The van der Waals surface area contributed by atoms with E-state index in [0.717, 1.165) is 0 Å². The molecule has 0 radical (unpaired) electrons. The monoisotopic (exact) mass is 204 g/mol. The smallest absolute Gasteiger partial charge is 0.354 e. The molecule has 6 nitrogen and oxygen atoms in total. The Kier molecular flexibility index (Phi) is 2.17. The van der Waals surface area contributed by atoms with Gasteiger partial charge in [0.2, 0.25) is 0 Å². The SMILES string of the molecule is Cc1nncn1-c1cccc(C(=O)O)n1. The first-order valence-electron chi connectivity index (χ1n) is 4.26. The second-order valence-electron chi connectivity index (χ2n) is 2.93. The standard InChI is InChI=1S/C9H8N4O2/c1-6-12-10-5-13(6)8-4-2-3-7(11-8)9(14)15/h2-5H,1H3,(H,14,15). The van der Waals surface area contributed by atoms with Crippen LogP contribution >= 0.6 is 0 Å². The zero-order valence-electron chi connectivity index (χ0n) is 7.95. The fourth-order valence-electron chi connectivity index (χ4n) is 1.19. The van der Waals surface area contributed by atoms with Gasteiger partial charge in [-0.05, 0) is 19.1 Å². The Morgan fingerprint density at radius 1 is 1.47 bits per heavy atom. The third-order valence-electron chi connectivity index (χ3n) is 1.92. The first-order chi connectivity index (χ1) is 7.18. The average Bonchev–Trinajstić information content (AvgIpc) is 2.64. The summed E-state index contributed by atoms with van der Waals surface area (Å²) < 4.78 is 1.62. The average molecular weight is 204 g/mol. The number of carboxylic acids is 1. The molecule has 0 spiro atoms. The lowest BCUT2D eigenvalue weighted by Gasteiger charge is -2.02. The number of nitrogens with zero attached hydrogens (tertiary/aromatic N) is 4. The minimum Gasteiger partial charge on any atom is -0.477 e. The van der Waals surface area contributed by atoms with Crippen molar-refractivity contribution < 1.29 is 9.90 Å². The van der Waals surface area contributed by atoms with Crippen LogP contribution in [-0.2, 0) is 0 Å². The lowest BCUT2D eigenvalue weighted by Crippen LogP contribution is -2.05. The number of carboxylic acid groups (broad SMARTS) is 1. The van der Waals surface area contributed by atoms with E-state index in [1.54, 1.807) is 23.6 Å². The van der Waals surface area contributed by atoms with Crippen molar-refractivity contribution >= 4 is 5.97 Å². The van der Waals surface area contributed by atoms with Crippen LogP contribution in [0.3, 0.4) is 0 Å². The highest BCUT2D eigenvalue weighted by molar-refractivity contribution is 5.85. The number of aromatic carboxylic acids is 1. The van der Waals surface area contributed by atoms with E-state index in [9.17, 15) is 4.79 Å². The quantitative estimate of drug-likeness (QED) is 0.777. The first-order valence-corrected chi connectivity index (χ1v) is 4.26. The summed E-state index contributed by atoms with van der Waals surface area (Å²) in [6.45, 7) is 1.77. The lowest BCUT2D eigenvalue weighted by molar-refractivity contribution is 0.0690. The highest BCUT2D eigenvalue weighted by atomic mass is 16.4. The summed E-state index contributed by atoms with van der Waals surface area (Å²) in [6.07, 6.45) is 1.49. The van der Waals surface area contributed by atoms with Gasteiger partial charge < -0.3 is 5.11 Å². The highest BCUT2D eigenvalue weighted by Crippen LogP contribution is 2.06. The van der Waals surface area contributed by atoms with Crippen LogP contribution in [0.2, 0.25) is 0 Å². The molecule has 0 aromatic carbocycles. The molecule has 0 atom stereocenters. The van der Waals surface area contributed by atoms with E-state index in [4.69, 9.17) is 5.11 Å². The predicted octanol–water partition coefficient (Wildman–Crippen LogP) is 0.669. The van der Waals surface area contributed by atoms with Gasteiger partial charge in [-0.15, -0.1) is 10.2 Å². The predicted molar refractivity (Wildman–Crippen MR) is 50.9 cm³/mol. The molecule has 0 unspecified atom stereocenters. The Labute approximate surface area is 85.2 Å². The molecule has 0 amide bonds. The van der Waals surface area contributed by atoms with Gasteiger partial charge in [-0.1, -0.05) is 6.07 Å². The van der Waals surface area contributed by atoms with Crippen molar-refractivity contribution in [3.05, 3.63) is 36.0 Å². The Hall–Kier alpha value is -2.24. The summed E-state index contributed by atoms with van der Waals surface area (Å²) in [4.78, 5) is 14.7. The summed E-state index contributed by atoms with van der Waals surface area (Å²) in [5.74, 6) is 0.102. The molecule has 15 heavy (non-hydrogen) atoms. The Morgan fingerprint density at radius 2 is 2.27 bits per heavy atom. The van der Waals surface area contributed by atoms with Crippen molar-refractivity contribution in [2.75, 3.05) is 0 Å². The van der Waals surface area contributed by atoms with Crippen LogP contribution in [-0.4, -0.2) is 30.8 Å².